The van der Waals surface area contributed by atoms with Crippen LogP contribution >= 0.6 is 0 Å². The van der Waals surface area contributed by atoms with Gasteiger partial charge >= 0.3 is 0 Å². The Hall–Kier alpha value is -1.85. The lowest BCUT2D eigenvalue weighted by Gasteiger charge is -2.27. The topological polar surface area (TPSA) is 126 Å². The standard InChI is InChI=1S/C14H19N5O5/c20-5-8-10(21)11(22)14(24-8)19-7-17-9-12(15-6-16-13(9)19)18-1-3-23-4-2-18/h6-8,10-11,14,20-22H,1-5H2/t8-,10-,11-,14-/m0/s1. The van der Waals surface area contributed by atoms with Gasteiger partial charge in [-0.15, -0.1) is 0 Å². The summed E-state index contributed by atoms with van der Waals surface area (Å²) in [5, 5.41) is 29.4. The van der Waals surface area contributed by atoms with Gasteiger partial charge in [-0.2, -0.15) is 0 Å². The fourth-order valence-electron chi connectivity index (χ4n) is 3.14. The van der Waals surface area contributed by atoms with Gasteiger partial charge < -0.3 is 29.7 Å². The summed E-state index contributed by atoms with van der Waals surface area (Å²) in [5.74, 6) is 0.703. The molecule has 2 saturated heterocycles. The first kappa shape index (κ1) is 15.7. The first-order valence-electron chi connectivity index (χ1n) is 7.83. The maximum atomic E-state index is 10.2. The molecular weight excluding hydrogens is 318 g/mol. The van der Waals surface area contributed by atoms with E-state index in [-0.39, 0.29) is 6.61 Å². The summed E-state index contributed by atoms with van der Waals surface area (Å²) in [6.45, 7) is 2.30. The molecule has 130 valence electrons. The van der Waals surface area contributed by atoms with Gasteiger partial charge in [-0.1, -0.05) is 0 Å². The number of aliphatic hydroxyl groups is 3. The zero-order chi connectivity index (χ0) is 16.7. The highest BCUT2D eigenvalue weighted by atomic mass is 16.6. The summed E-state index contributed by atoms with van der Waals surface area (Å²) < 4.78 is 12.5. The van der Waals surface area contributed by atoms with E-state index in [9.17, 15) is 15.3 Å². The van der Waals surface area contributed by atoms with Crippen molar-refractivity contribution in [1.29, 1.82) is 0 Å². The average molecular weight is 337 g/mol. The maximum Gasteiger partial charge on any atom is 0.167 e. The quantitative estimate of drug-likeness (QED) is 0.599. The van der Waals surface area contributed by atoms with Crippen LogP contribution in [0.25, 0.3) is 11.2 Å². The summed E-state index contributed by atoms with van der Waals surface area (Å²) >= 11 is 0. The van der Waals surface area contributed by atoms with Gasteiger partial charge in [0.25, 0.3) is 0 Å². The van der Waals surface area contributed by atoms with Crippen LogP contribution in [0.15, 0.2) is 12.7 Å². The van der Waals surface area contributed by atoms with Gasteiger partial charge in [0.05, 0.1) is 26.1 Å². The third kappa shape index (κ3) is 2.43. The lowest BCUT2D eigenvalue weighted by atomic mass is 10.1. The van der Waals surface area contributed by atoms with Crippen LogP contribution < -0.4 is 4.90 Å². The van der Waals surface area contributed by atoms with Crippen LogP contribution in [0.4, 0.5) is 5.82 Å². The van der Waals surface area contributed by atoms with Crippen LogP contribution in [0.2, 0.25) is 0 Å². The molecule has 3 N–H and O–H groups in total. The van der Waals surface area contributed by atoms with Crippen molar-refractivity contribution in [2.45, 2.75) is 24.5 Å². The number of hydrogen-bond acceptors (Lipinski definition) is 9. The van der Waals surface area contributed by atoms with Gasteiger partial charge in [-0.25, -0.2) is 15.0 Å². The molecule has 4 atom stereocenters. The van der Waals surface area contributed by atoms with Gasteiger partial charge in [0.2, 0.25) is 0 Å². The van der Waals surface area contributed by atoms with Crippen LogP contribution in [0.1, 0.15) is 6.23 Å². The molecule has 2 aromatic rings. The molecule has 0 radical (unpaired) electrons. The van der Waals surface area contributed by atoms with Gasteiger partial charge in [-0.3, -0.25) is 4.57 Å². The van der Waals surface area contributed by atoms with Crippen LogP contribution in [0.5, 0.6) is 0 Å². The second kappa shape index (κ2) is 6.22. The minimum Gasteiger partial charge on any atom is -0.394 e. The Morgan fingerprint density at radius 3 is 2.62 bits per heavy atom. The van der Waals surface area contributed by atoms with E-state index in [1.165, 1.54) is 12.7 Å². The van der Waals surface area contributed by atoms with Gasteiger partial charge in [0.15, 0.2) is 23.2 Å². The van der Waals surface area contributed by atoms with Crippen molar-refractivity contribution >= 4 is 17.0 Å². The Labute approximate surface area is 137 Å². The number of nitrogens with zero attached hydrogens (tertiary/aromatic N) is 5. The molecule has 4 heterocycles. The van der Waals surface area contributed by atoms with Crippen molar-refractivity contribution in [1.82, 2.24) is 19.5 Å². The largest absolute Gasteiger partial charge is 0.394 e. The molecule has 10 nitrogen and oxygen atoms in total. The number of morpholine rings is 1. The lowest BCUT2D eigenvalue weighted by Crippen LogP contribution is -2.37. The minimum absolute atomic E-state index is 0.380. The smallest absolute Gasteiger partial charge is 0.167 e. The second-order valence-corrected chi connectivity index (χ2v) is 5.85. The Kier molecular flexibility index (Phi) is 4.06. The molecule has 2 fully saturated rings. The molecule has 10 heteroatoms. The van der Waals surface area contributed by atoms with E-state index < -0.39 is 24.5 Å². The van der Waals surface area contributed by atoms with E-state index in [2.05, 4.69) is 19.9 Å². The SMILES string of the molecule is OC[C@@H]1O[C@H](n2cnc3c(N4CCOCC4)ncnc32)[C@@H](O)[C@H]1O. The summed E-state index contributed by atoms with van der Waals surface area (Å²) in [6, 6.07) is 0. The van der Waals surface area contributed by atoms with Crippen LogP contribution in [0, 0.1) is 0 Å². The van der Waals surface area contributed by atoms with E-state index in [1.54, 1.807) is 4.57 Å². The van der Waals surface area contributed by atoms with Crippen LogP contribution in [-0.4, -0.2) is 86.1 Å². The predicted molar refractivity (Wildman–Crippen MR) is 81.4 cm³/mol. The van der Waals surface area contributed by atoms with Crippen molar-refractivity contribution in [2.75, 3.05) is 37.8 Å². The number of aliphatic hydroxyl groups excluding tert-OH is 3. The number of aromatic nitrogens is 4. The molecule has 2 aliphatic heterocycles. The average Bonchev–Trinajstić information content (AvgIpc) is 3.17. The Morgan fingerprint density at radius 1 is 1.12 bits per heavy atom. The molecule has 0 aromatic carbocycles. The van der Waals surface area contributed by atoms with Crippen molar-refractivity contribution < 1.29 is 24.8 Å². The molecule has 0 bridgehead atoms. The highest BCUT2D eigenvalue weighted by molar-refractivity contribution is 5.83. The Morgan fingerprint density at radius 2 is 1.92 bits per heavy atom. The first-order chi connectivity index (χ1) is 11.7. The molecule has 0 spiro atoms. The van der Waals surface area contributed by atoms with Crippen molar-refractivity contribution in [3.05, 3.63) is 12.7 Å². The molecule has 0 unspecified atom stereocenters. The van der Waals surface area contributed by atoms with Crippen LogP contribution in [-0.2, 0) is 9.47 Å². The van der Waals surface area contributed by atoms with Gasteiger partial charge in [0, 0.05) is 13.1 Å². The third-order valence-electron chi connectivity index (χ3n) is 4.44. The molecule has 2 aliphatic rings. The minimum atomic E-state index is -1.18. The summed E-state index contributed by atoms with van der Waals surface area (Å²) in [7, 11) is 0. The highest BCUT2D eigenvalue weighted by Gasteiger charge is 2.44. The van der Waals surface area contributed by atoms with Crippen molar-refractivity contribution in [3.8, 4) is 0 Å². The number of anilines is 1. The predicted octanol–water partition coefficient (Wildman–Crippen LogP) is -1.73. The maximum absolute atomic E-state index is 10.2. The number of hydrogen-bond donors (Lipinski definition) is 3. The van der Waals surface area contributed by atoms with Crippen LogP contribution in [0.3, 0.4) is 0 Å². The van der Waals surface area contributed by atoms with E-state index >= 15 is 0 Å². The summed E-state index contributed by atoms with van der Waals surface area (Å²) in [5.41, 5.74) is 1.10. The lowest BCUT2D eigenvalue weighted by molar-refractivity contribution is -0.0511. The number of ether oxygens (including phenoxy) is 2. The number of imidazole rings is 1. The normalized spacial score (nSPS) is 31.0. The number of fused-ring (bicyclic) bond motifs is 1. The van der Waals surface area contributed by atoms with E-state index in [0.717, 1.165) is 0 Å². The zero-order valence-corrected chi connectivity index (χ0v) is 12.9. The van der Waals surface area contributed by atoms with E-state index in [1.807, 2.05) is 0 Å². The molecule has 2 aromatic heterocycles. The Bertz CT molecular complexity index is 719. The zero-order valence-electron chi connectivity index (χ0n) is 12.9. The molecule has 24 heavy (non-hydrogen) atoms. The van der Waals surface area contributed by atoms with E-state index in [0.29, 0.717) is 43.3 Å². The fraction of sp³-hybridized carbons (Fsp3) is 0.643. The van der Waals surface area contributed by atoms with Crippen molar-refractivity contribution in [2.24, 2.45) is 0 Å². The van der Waals surface area contributed by atoms with Gasteiger partial charge in [-0.05, 0) is 0 Å². The Balaban J connectivity index is 1.71. The molecule has 4 rings (SSSR count). The summed E-state index contributed by atoms with van der Waals surface area (Å²) in [6.07, 6.45) is -1.12. The molecule has 0 saturated carbocycles. The number of rotatable bonds is 3. The first-order valence-corrected chi connectivity index (χ1v) is 7.83. The van der Waals surface area contributed by atoms with E-state index in [4.69, 9.17) is 9.47 Å². The summed E-state index contributed by atoms with van der Waals surface area (Å²) in [4.78, 5) is 15.0. The second-order valence-electron chi connectivity index (χ2n) is 5.85. The fourth-order valence-corrected chi connectivity index (χ4v) is 3.14. The van der Waals surface area contributed by atoms with Gasteiger partial charge in [0.1, 0.15) is 24.6 Å². The van der Waals surface area contributed by atoms with Crippen molar-refractivity contribution in [3.63, 3.8) is 0 Å². The monoisotopic (exact) mass is 337 g/mol. The molecule has 0 aliphatic carbocycles. The molecular formula is C14H19N5O5. The molecule has 0 amide bonds. The highest BCUT2D eigenvalue weighted by Crippen LogP contribution is 2.32. The third-order valence-corrected chi connectivity index (χ3v) is 4.44.